The van der Waals surface area contributed by atoms with Crippen LogP contribution in [0.15, 0.2) is 80.8 Å². The van der Waals surface area contributed by atoms with Crippen LogP contribution in [0, 0.1) is 0 Å². The molecule has 0 saturated carbocycles. The van der Waals surface area contributed by atoms with Crippen molar-refractivity contribution in [1.29, 1.82) is 0 Å². The lowest BCUT2D eigenvalue weighted by atomic mass is 10.2. The number of hydrogen-bond donors (Lipinski definition) is 1. The highest BCUT2D eigenvalue weighted by molar-refractivity contribution is 7.89. The molecule has 0 bridgehead atoms. The molecule has 1 aromatic heterocycles. The lowest BCUT2D eigenvalue weighted by Crippen LogP contribution is -2.24. The summed E-state index contributed by atoms with van der Waals surface area (Å²) in [5, 5.41) is 0. The van der Waals surface area contributed by atoms with E-state index in [4.69, 9.17) is 9.15 Å². The SMILES string of the molecule is O=Cc1oc(CNS(=O)(=O)c2ccccc2)cc(=O)c1OCc1ccccc1. The first-order valence-electron chi connectivity index (χ1n) is 8.33. The number of ether oxygens (including phenoxy) is 1. The van der Waals surface area contributed by atoms with Gasteiger partial charge in [0.1, 0.15) is 12.4 Å². The van der Waals surface area contributed by atoms with Crippen molar-refractivity contribution in [3.8, 4) is 5.75 Å². The molecule has 0 aliphatic rings. The molecule has 0 spiro atoms. The fourth-order valence-corrected chi connectivity index (χ4v) is 3.45. The molecule has 0 radical (unpaired) electrons. The summed E-state index contributed by atoms with van der Waals surface area (Å²) in [6.45, 7) is -0.196. The van der Waals surface area contributed by atoms with Crippen molar-refractivity contribution in [2.45, 2.75) is 18.0 Å². The van der Waals surface area contributed by atoms with Gasteiger partial charge >= 0.3 is 0 Å². The molecule has 2 aromatic carbocycles. The minimum absolute atomic E-state index is 0.00123. The van der Waals surface area contributed by atoms with E-state index in [2.05, 4.69) is 4.72 Å². The fraction of sp³-hybridized carbons (Fsp3) is 0.100. The molecule has 1 heterocycles. The predicted molar refractivity (Wildman–Crippen MR) is 102 cm³/mol. The molecule has 1 N–H and O–H groups in total. The van der Waals surface area contributed by atoms with E-state index in [0.717, 1.165) is 11.6 Å². The van der Waals surface area contributed by atoms with E-state index in [1.54, 1.807) is 18.2 Å². The van der Waals surface area contributed by atoms with Crippen LogP contribution in [0.4, 0.5) is 0 Å². The van der Waals surface area contributed by atoms with Crippen molar-refractivity contribution < 1.29 is 22.4 Å². The van der Waals surface area contributed by atoms with Crippen LogP contribution in [-0.2, 0) is 23.2 Å². The molecule has 0 amide bonds. The first-order chi connectivity index (χ1) is 13.5. The van der Waals surface area contributed by atoms with Crippen LogP contribution in [0.25, 0.3) is 0 Å². The largest absolute Gasteiger partial charge is 0.481 e. The molecule has 28 heavy (non-hydrogen) atoms. The highest BCUT2D eigenvalue weighted by atomic mass is 32.2. The summed E-state index contributed by atoms with van der Waals surface area (Å²) in [6.07, 6.45) is 0.358. The van der Waals surface area contributed by atoms with Crippen LogP contribution in [0.5, 0.6) is 5.75 Å². The van der Waals surface area contributed by atoms with Gasteiger partial charge in [0.15, 0.2) is 6.29 Å². The quantitative estimate of drug-likeness (QED) is 0.584. The summed E-state index contributed by atoms with van der Waals surface area (Å²) in [5.41, 5.74) is 0.247. The van der Waals surface area contributed by atoms with Crippen LogP contribution in [-0.4, -0.2) is 14.7 Å². The molecule has 0 fully saturated rings. The standard InChI is InChI=1S/C20H17NO6S/c22-13-19-20(26-14-15-7-3-1-4-8-15)18(23)11-16(27-19)12-21-28(24,25)17-9-5-2-6-10-17/h1-11,13,21H,12,14H2. The molecule has 0 unspecified atom stereocenters. The highest BCUT2D eigenvalue weighted by Crippen LogP contribution is 2.16. The van der Waals surface area contributed by atoms with Gasteiger partial charge in [-0.05, 0) is 17.7 Å². The van der Waals surface area contributed by atoms with Gasteiger partial charge in [0.2, 0.25) is 27.0 Å². The molecule has 7 nitrogen and oxygen atoms in total. The molecule has 0 atom stereocenters. The van der Waals surface area contributed by atoms with Crippen LogP contribution in [0.1, 0.15) is 21.9 Å². The Bertz CT molecular complexity index is 1110. The molecule has 144 valence electrons. The van der Waals surface area contributed by atoms with Crippen molar-refractivity contribution in [3.63, 3.8) is 0 Å². The van der Waals surface area contributed by atoms with Gasteiger partial charge in [0.25, 0.3) is 0 Å². The van der Waals surface area contributed by atoms with Gasteiger partial charge in [0, 0.05) is 6.07 Å². The van der Waals surface area contributed by atoms with E-state index >= 15 is 0 Å². The summed E-state index contributed by atoms with van der Waals surface area (Å²) in [5.74, 6) is -0.510. The van der Waals surface area contributed by atoms with Crippen molar-refractivity contribution in [1.82, 2.24) is 4.72 Å². The zero-order valence-electron chi connectivity index (χ0n) is 14.7. The normalized spacial score (nSPS) is 11.1. The lowest BCUT2D eigenvalue weighted by molar-refractivity contribution is 0.108. The van der Waals surface area contributed by atoms with E-state index in [9.17, 15) is 18.0 Å². The van der Waals surface area contributed by atoms with Gasteiger partial charge in [-0.1, -0.05) is 48.5 Å². The number of hydrogen-bond acceptors (Lipinski definition) is 6. The van der Waals surface area contributed by atoms with Gasteiger partial charge in [0.05, 0.1) is 11.4 Å². The van der Waals surface area contributed by atoms with E-state index in [1.807, 2.05) is 30.3 Å². The fourth-order valence-electron chi connectivity index (χ4n) is 2.44. The molecule has 0 saturated heterocycles. The average Bonchev–Trinajstić information content (AvgIpc) is 2.72. The van der Waals surface area contributed by atoms with Gasteiger partial charge in [-0.3, -0.25) is 9.59 Å². The van der Waals surface area contributed by atoms with Crippen molar-refractivity contribution in [3.05, 3.63) is 94.0 Å². The summed E-state index contributed by atoms with van der Waals surface area (Å²) in [6, 6.07) is 18.0. The minimum Gasteiger partial charge on any atom is -0.481 e. The molecule has 3 aromatic rings. The lowest BCUT2D eigenvalue weighted by Gasteiger charge is -2.10. The Hall–Kier alpha value is -3.23. The van der Waals surface area contributed by atoms with Crippen molar-refractivity contribution >= 4 is 16.3 Å². The number of carbonyl (C=O) groups excluding carboxylic acids is 1. The third-order valence-electron chi connectivity index (χ3n) is 3.80. The van der Waals surface area contributed by atoms with E-state index in [-0.39, 0.29) is 35.3 Å². The summed E-state index contributed by atoms with van der Waals surface area (Å²) in [4.78, 5) is 23.7. The van der Waals surface area contributed by atoms with Crippen LogP contribution in [0.2, 0.25) is 0 Å². The smallest absolute Gasteiger partial charge is 0.240 e. The second kappa shape index (κ2) is 8.64. The van der Waals surface area contributed by atoms with E-state index in [1.165, 1.54) is 12.1 Å². The Morgan fingerprint density at radius 2 is 1.64 bits per heavy atom. The Kier molecular flexibility index (Phi) is 6.03. The number of rotatable bonds is 8. The maximum absolute atomic E-state index is 12.3. The van der Waals surface area contributed by atoms with Crippen molar-refractivity contribution in [2.75, 3.05) is 0 Å². The number of carbonyl (C=O) groups is 1. The number of sulfonamides is 1. The Labute approximate surface area is 161 Å². The van der Waals surface area contributed by atoms with Gasteiger partial charge in [-0.15, -0.1) is 0 Å². The molecule has 0 aliphatic carbocycles. The molecule has 3 rings (SSSR count). The summed E-state index contributed by atoms with van der Waals surface area (Å²) < 4.78 is 37.6. The van der Waals surface area contributed by atoms with Crippen LogP contribution >= 0.6 is 0 Å². The van der Waals surface area contributed by atoms with Crippen LogP contribution in [0.3, 0.4) is 0 Å². The first kappa shape index (κ1) is 19.5. The van der Waals surface area contributed by atoms with Gasteiger partial charge in [-0.25, -0.2) is 13.1 Å². The topological polar surface area (TPSA) is 103 Å². The monoisotopic (exact) mass is 399 g/mol. The van der Waals surface area contributed by atoms with E-state index < -0.39 is 15.5 Å². The Morgan fingerprint density at radius 1 is 1.00 bits per heavy atom. The zero-order chi connectivity index (χ0) is 20.0. The maximum atomic E-state index is 12.3. The Balaban J connectivity index is 1.76. The molecular formula is C20H17NO6S. The third-order valence-corrected chi connectivity index (χ3v) is 5.22. The van der Waals surface area contributed by atoms with Crippen LogP contribution < -0.4 is 14.9 Å². The molecular weight excluding hydrogens is 382 g/mol. The zero-order valence-corrected chi connectivity index (χ0v) is 15.5. The predicted octanol–water partition coefficient (Wildman–Crippen LogP) is 2.51. The summed E-state index contributed by atoms with van der Waals surface area (Å²) >= 11 is 0. The Morgan fingerprint density at radius 3 is 2.29 bits per heavy atom. The van der Waals surface area contributed by atoms with Gasteiger partial charge < -0.3 is 9.15 Å². The van der Waals surface area contributed by atoms with Crippen molar-refractivity contribution in [2.24, 2.45) is 0 Å². The second-order valence-electron chi connectivity index (χ2n) is 5.80. The maximum Gasteiger partial charge on any atom is 0.240 e. The second-order valence-corrected chi connectivity index (χ2v) is 7.57. The third kappa shape index (κ3) is 4.73. The summed E-state index contributed by atoms with van der Waals surface area (Å²) in [7, 11) is -3.78. The number of nitrogens with one attached hydrogen (secondary N) is 1. The van der Waals surface area contributed by atoms with E-state index in [0.29, 0.717) is 6.29 Å². The molecule has 8 heteroatoms. The average molecular weight is 399 g/mol. The number of benzene rings is 2. The first-order valence-corrected chi connectivity index (χ1v) is 9.81. The van der Waals surface area contributed by atoms with Gasteiger partial charge in [-0.2, -0.15) is 0 Å². The minimum atomic E-state index is -3.78. The highest BCUT2D eigenvalue weighted by Gasteiger charge is 2.17. The number of aldehydes is 1. The molecule has 0 aliphatic heterocycles.